The van der Waals surface area contributed by atoms with E-state index in [1.807, 2.05) is 35.2 Å². The van der Waals surface area contributed by atoms with Gasteiger partial charge in [0.25, 0.3) is 5.91 Å². The maximum atomic E-state index is 12.9. The summed E-state index contributed by atoms with van der Waals surface area (Å²) in [5, 5.41) is 3.53. The van der Waals surface area contributed by atoms with Crippen LogP contribution >= 0.6 is 0 Å². The van der Waals surface area contributed by atoms with Crippen LogP contribution in [0.25, 0.3) is 0 Å². The lowest BCUT2D eigenvalue weighted by Gasteiger charge is -2.39. The van der Waals surface area contributed by atoms with Gasteiger partial charge in [-0.2, -0.15) is 0 Å². The molecule has 0 bridgehead atoms. The van der Waals surface area contributed by atoms with Gasteiger partial charge in [-0.3, -0.25) is 4.79 Å². The number of hydrogen-bond donors (Lipinski definition) is 1. The van der Waals surface area contributed by atoms with E-state index in [-0.39, 0.29) is 12.1 Å². The van der Waals surface area contributed by atoms with Crippen molar-refractivity contribution < 1.29 is 4.79 Å². The van der Waals surface area contributed by atoms with Crippen LogP contribution in [0.3, 0.4) is 0 Å². The molecule has 1 unspecified atom stereocenters. The normalized spacial score (nSPS) is 17.4. The van der Waals surface area contributed by atoms with E-state index in [2.05, 4.69) is 44.3 Å². The number of benzene rings is 2. The first-order chi connectivity index (χ1) is 10.6. The molecule has 1 N–H and O–H groups in total. The second kappa shape index (κ2) is 5.84. The molecular weight excluding hydrogens is 272 g/mol. The minimum absolute atomic E-state index is 0.106. The van der Waals surface area contributed by atoms with Gasteiger partial charge < -0.3 is 10.2 Å². The van der Waals surface area contributed by atoms with E-state index in [0.29, 0.717) is 5.92 Å². The maximum absolute atomic E-state index is 12.9. The van der Waals surface area contributed by atoms with Gasteiger partial charge in [0.15, 0.2) is 0 Å². The Morgan fingerprint density at radius 1 is 1.14 bits per heavy atom. The zero-order valence-electron chi connectivity index (χ0n) is 13.3. The number of hydrogen-bond acceptors (Lipinski definition) is 2. The minimum atomic E-state index is -0.107. The average molecular weight is 294 g/mol. The number of rotatable bonds is 3. The molecule has 0 aromatic heterocycles. The lowest BCUT2D eigenvalue weighted by Crippen LogP contribution is -2.44. The molecule has 0 fully saturated rings. The summed E-state index contributed by atoms with van der Waals surface area (Å²) in [4.78, 5) is 14.9. The van der Waals surface area contributed by atoms with E-state index in [4.69, 9.17) is 0 Å². The van der Waals surface area contributed by atoms with Crippen molar-refractivity contribution in [2.75, 3.05) is 11.9 Å². The molecule has 1 atom stereocenters. The van der Waals surface area contributed by atoms with Gasteiger partial charge in [-0.05, 0) is 30.5 Å². The Hall–Kier alpha value is -2.29. The number of nitrogens with one attached hydrogen (secondary N) is 1. The molecular formula is C19H22N2O. The van der Waals surface area contributed by atoms with Crippen molar-refractivity contribution in [2.24, 2.45) is 5.92 Å². The van der Waals surface area contributed by atoms with E-state index in [0.717, 1.165) is 23.4 Å². The Morgan fingerprint density at radius 2 is 1.91 bits per heavy atom. The Bertz CT molecular complexity index is 693. The number of para-hydroxylation sites is 1. The first-order valence-electron chi connectivity index (χ1n) is 7.79. The predicted molar refractivity (Wildman–Crippen MR) is 89.9 cm³/mol. The summed E-state index contributed by atoms with van der Waals surface area (Å²) in [6, 6.07) is 16.1. The number of fused-ring (bicyclic) bond motifs is 1. The first-order valence-corrected chi connectivity index (χ1v) is 7.79. The quantitative estimate of drug-likeness (QED) is 0.919. The van der Waals surface area contributed by atoms with Crippen molar-refractivity contribution in [3.63, 3.8) is 0 Å². The van der Waals surface area contributed by atoms with Crippen molar-refractivity contribution in [1.82, 2.24) is 4.90 Å². The molecule has 2 aromatic carbocycles. The molecule has 0 saturated carbocycles. The third-order valence-corrected chi connectivity index (χ3v) is 3.94. The number of carbonyl (C=O) groups is 1. The molecule has 0 aliphatic carbocycles. The van der Waals surface area contributed by atoms with Crippen molar-refractivity contribution in [1.29, 1.82) is 0 Å². The Kier molecular flexibility index (Phi) is 3.88. The molecule has 3 rings (SSSR count). The Labute approximate surface area is 132 Å². The van der Waals surface area contributed by atoms with E-state index in [9.17, 15) is 4.79 Å². The second-order valence-electron chi connectivity index (χ2n) is 6.36. The lowest BCUT2D eigenvalue weighted by molar-refractivity contribution is 0.0658. The fraction of sp³-hybridized carbons (Fsp3) is 0.316. The van der Waals surface area contributed by atoms with E-state index < -0.39 is 0 Å². The molecule has 0 radical (unpaired) electrons. The van der Waals surface area contributed by atoms with Gasteiger partial charge in [0.1, 0.15) is 6.17 Å². The van der Waals surface area contributed by atoms with Crippen molar-refractivity contribution >= 4 is 11.6 Å². The van der Waals surface area contributed by atoms with E-state index in [1.54, 1.807) is 0 Å². The Morgan fingerprint density at radius 3 is 2.64 bits per heavy atom. The molecule has 1 heterocycles. The largest absolute Gasteiger partial charge is 0.361 e. The number of nitrogens with zero attached hydrogens (tertiary/aromatic N) is 1. The van der Waals surface area contributed by atoms with Gasteiger partial charge in [-0.15, -0.1) is 0 Å². The summed E-state index contributed by atoms with van der Waals surface area (Å²) in [5.41, 5.74) is 4.00. The first kappa shape index (κ1) is 14.6. The molecule has 2 aromatic rings. The van der Waals surface area contributed by atoms with Crippen molar-refractivity contribution in [3.8, 4) is 0 Å². The molecule has 3 nitrogen and oxygen atoms in total. The molecule has 1 amide bonds. The Balaban J connectivity index is 2.05. The summed E-state index contributed by atoms with van der Waals surface area (Å²) in [7, 11) is 0. The molecule has 0 spiro atoms. The van der Waals surface area contributed by atoms with Crippen LogP contribution in [-0.2, 0) is 0 Å². The van der Waals surface area contributed by atoms with E-state index >= 15 is 0 Å². The highest BCUT2D eigenvalue weighted by Gasteiger charge is 2.32. The van der Waals surface area contributed by atoms with Crippen LogP contribution in [0.15, 0.2) is 48.5 Å². The summed E-state index contributed by atoms with van der Waals surface area (Å²) < 4.78 is 0. The van der Waals surface area contributed by atoms with Crippen LogP contribution in [-0.4, -0.2) is 17.4 Å². The maximum Gasteiger partial charge on any atom is 0.257 e. The number of anilines is 1. The zero-order valence-corrected chi connectivity index (χ0v) is 13.3. The van der Waals surface area contributed by atoms with Crippen LogP contribution in [0.2, 0.25) is 0 Å². The van der Waals surface area contributed by atoms with Crippen LogP contribution < -0.4 is 5.32 Å². The predicted octanol–water partition coefficient (Wildman–Crippen LogP) is 4.22. The summed E-state index contributed by atoms with van der Waals surface area (Å²) in [6.45, 7) is 7.09. The van der Waals surface area contributed by atoms with Gasteiger partial charge in [-0.1, -0.05) is 55.8 Å². The minimum Gasteiger partial charge on any atom is -0.361 e. The van der Waals surface area contributed by atoms with Crippen LogP contribution in [0.4, 0.5) is 5.69 Å². The second-order valence-corrected chi connectivity index (χ2v) is 6.36. The van der Waals surface area contributed by atoms with Gasteiger partial charge in [-0.25, -0.2) is 0 Å². The van der Waals surface area contributed by atoms with Gasteiger partial charge in [0.05, 0.1) is 5.56 Å². The SMILES string of the molecule is Cc1cccc(C2Nc3ccccc3C(=O)N2CC(C)C)c1. The average Bonchev–Trinajstić information content (AvgIpc) is 2.49. The highest BCUT2D eigenvalue weighted by atomic mass is 16.2. The summed E-state index contributed by atoms with van der Waals surface area (Å²) in [6.07, 6.45) is -0.107. The zero-order chi connectivity index (χ0) is 15.7. The molecule has 3 heteroatoms. The fourth-order valence-corrected chi connectivity index (χ4v) is 2.98. The monoisotopic (exact) mass is 294 g/mol. The van der Waals surface area contributed by atoms with Crippen LogP contribution in [0, 0.1) is 12.8 Å². The standard InChI is InChI=1S/C19H22N2O/c1-13(2)12-21-18(15-8-6-7-14(3)11-15)20-17-10-5-4-9-16(17)19(21)22/h4-11,13,18,20H,12H2,1-3H3. The van der Waals surface area contributed by atoms with Crippen molar-refractivity contribution in [2.45, 2.75) is 26.9 Å². The molecule has 1 aliphatic rings. The van der Waals surface area contributed by atoms with Crippen molar-refractivity contribution in [3.05, 3.63) is 65.2 Å². The molecule has 0 saturated heterocycles. The molecule has 22 heavy (non-hydrogen) atoms. The topological polar surface area (TPSA) is 32.3 Å². The van der Waals surface area contributed by atoms with Gasteiger partial charge in [0.2, 0.25) is 0 Å². The van der Waals surface area contributed by atoms with Gasteiger partial charge >= 0.3 is 0 Å². The number of amides is 1. The summed E-state index contributed by atoms with van der Waals surface area (Å²) in [5.74, 6) is 0.526. The van der Waals surface area contributed by atoms with Crippen LogP contribution in [0.5, 0.6) is 0 Å². The smallest absolute Gasteiger partial charge is 0.257 e. The number of aryl methyl sites for hydroxylation is 1. The third-order valence-electron chi connectivity index (χ3n) is 3.94. The molecule has 114 valence electrons. The molecule has 1 aliphatic heterocycles. The summed E-state index contributed by atoms with van der Waals surface area (Å²) >= 11 is 0. The number of carbonyl (C=O) groups excluding carboxylic acids is 1. The van der Waals surface area contributed by atoms with Gasteiger partial charge in [0, 0.05) is 12.2 Å². The lowest BCUT2D eigenvalue weighted by atomic mass is 10.0. The van der Waals surface area contributed by atoms with E-state index in [1.165, 1.54) is 5.56 Å². The highest BCUT2D eigenvalue weighted by molar-refractivity contribution is 6.01. The van der Waals surface area contributed by atoms with Crippen LogP contribution in [0.1, 0.15) is 41.5 Å². The third kappa shape index (κ3) is 2.71. The fourth-order valence-electron chi connectivity index (χ4n) is 2.98. The highest BCUT2D eigenvalue weighted by Crippen LogP contribution is 2.33.